The van der Waals surface area contributed by atoms with Gasteiger partial charge in [0.1, 0.15) is 5.82 Å². The minimum Gasteiger partial charge on any atom is -0.338 e. The highest BCUT2D eigenvalue weighted by molar-refractivity contribution is 5.91. The molecular formula is C16H22N6O2. The van der Waals surface area contributed by atoms with E-state index in [1.54, 1.807) is 6.20 Å². The molecule has 1 aliphatic rings. The largest absolute Gasteiger partial charge is 0.338 e. The number of rotatable bonds is 5. The Morgan fingerprint density at radius 2 is 2.21 bits per heavy atom. The molecule has 3 rings (SSSR count). The molecule has 0 aromatic carbocycles. The van der Waals surface area contributed by atoms with Crippen molar-refractivity contribution in [2.24, 2.45) is 11.7 Å². The first-order valence-corrected chi connectivity index (χ1v) is 8.11. The van der Waals surface area contributed by atoms with E-state index in [0.717, 1.165) is 31.5 Å². The van der Waals surface area contributed by atoms with Crippen LogP contribution in [0.25, 0.3) is 0 Å². The average Bonchev–Trinajstić information content (AvgIpc) is 3.05. The second-order valence-corrected chi connectivity index (χ2v) is 6.07. The Kier molecular flexibility index (Phi) is 5.17. The Balaban J connectivity index is 1.47. The first kappa shape index (κ1) is 16.5. The second-order valence-electron chi connectivity index (χ2n) is 6.07. The van der Waals surface area contributed by atoms with Crippen molar-refractivity contribution in [2.75, 3.05) is 18.4 Å². The van der Waals surface area contributed by atoms with Crippen molar-refractivity contribution < 1.29 is 9.32 Å². The molecule has 0 spiro atoms. The minimum absolute atomic E-state index is 0.00854. The van der Waals surface area contributed by atoms with Crippen LogP contribution in [0.3, 0.4) is 0 Å². The summed E-state index contributed by atoms with van der Waals surface area (Å²) in [6.45, 7) is 4.49. The van der Waals surface area contributed by atoms with Crippen LogP contribution in [0.5, 0.6) is 0 Å². The number of nitrogens with one attached hydrogen (secondary N) is 1. The van der Waals surface area contributed by atoms with Crippen molar-refractivity contribution in [3.63, 3.8) is 0 Å². The number of aryl methyl sites for hydroxylation is 1. The summed E-state index contributed by atoms with van der Waals surface area (Å²) in [5, 5.41) is 6.80. The first-order valence-electron chi connectivity index (χ1n) is 8.11. The molecule has 1 aliphatic heterocycles. The van der Waals surface area contributed by atoms with Gasteiger partial charge in [-0.1, -0.05) is 11.2 Å². The van der Waals surface area contributed by atoms with Crippen LogP contribution >= 0.6 is 0 Å². The predicted molar refractivity (Wildman–Crippen MR) is 87.8 cm³/mol. The number of carbonyl (C=O) groups excluding carboxylic acids is 1. The lowest BCUT2D eigenvalue weighted by molar-refractivity contribution is -0.121. The second kappa shape index (κ2) is 7.50. The Labute approximate surface area is 140 Å². The molecule has 0 atom stereocenters. The van der Waals surface area contributed by atoms with Gasteiger partial charge in [-0.3, -0.25) is 9.69 Å². The Morgan fingerprint density at radius 1 is 1.42 bits per heavy atom. The highest BCUT2D eigenvalue weighted by Crippen LogP contribution is 2.20. The van der Waals surface area contributed by atoms with Crippen molar-refractivity contribution in [1.82, 2.24) is 20.0 Å². The Morgan fingerprint density at radius 3 is 2.83 bits per heavy atom. The van der Waals surface area contributed by atoms with Gasteiger partial charge in [-0.2, -0.15) is 4.98 Å². The van der Waals surface area contributed by atoms with Gasteiger partial charge in [0.25, 0.3) is 0 Å². The van der Waals surface area contributed by atoms with Gasteiger partial charge in [-0.05, 0) is 44.5 Å². The van der Waals surface area contributed by atoms with Crippen molar-refractivity contribution in [3.05, 3.63) is 35.6 Å². The van der Waals surface area contributed by atoms with Crippen LogP contribution in [-0.4, -0.2) is 39.0 Å². The molecule has 3 N–H and O–H groups in total. The summed E-state index contributed by atoms with van der Waals surface area (Å²) in [5.74, 6) is 1.74. The molecule has 0 unspecified atom stereocenters. The molecule has 0 radical (unpaired) electrons. The highest BCUT2D eigenvalue weighted by Gasteiger charge is 2.26. The number of pyridine rings is 1. The number of hydrogen-bond acceptors (Lipinski definition) is 7. The van der Waals surface area contributed by atoms with Crippen LogP contribution < -0.4 is 11.1 Å². The van der Waals surface area contributed by atoms with E-state index in [1.165, 1.54) is 0 Å². The van der Waals surface area contributed by atoms with E-state index in [4.69, 9.17) is 10.3 Å². The van der Waals surface area contributed by atoms with Gasteiger partial charge in [0.15, 0.2) is 5.82 Å². The SMILES string of the molecule is Cc1ccc(NC(=O)C2CCN(Cc3noc(CN)n3)CC2)nc1. The highest BCUT2D eigenvalue weighted by atomic mass is 16.5. The molecule has 1 amide bonds. The van der Waals surface area contributed by atoms with Crippen LogP contribution in [0, 0.1) is 12.8 Å². The van der Waals surface area contributed by atoms with Crippen molar-refractivity contribution in [3.8, 4) is 0 Å². The number of likely N-dealkylation sites (tertiary alicyclic amines) is 1. The van der Waals surface area contributed by atoms with Crippen LogP contribution in [0.15, 0.2) is 22.9 Å². The first-order chi connectivity index (χ1) is 11.6. The van der Waals surface area contributed by atoms with Gasteiger partial charge in [-0.25, -0.2) is 4.98 Å². The summed E-state index contributed by atoms with van der Waals surface area (Å²) in [6, 6.07) is 3.76. The van der Waals surface area contributed by atoms with Gasteiger partial charge in [0.05, 0.1) is 13.1 Å². The van der Waals surface area contributed by atoms with Gasteiger partial charge >= 0.3 is 0 Å². The zero-order chi connectivity index (χ0) is 16.9. The molecule has 2 aromatic heterocycles. The third kappa shape index (κ3) is 4.15. The van der Waals surface area contributed by atoms with Crippen LogP contribution in [0.4, 0.5) is 5.82 Å². The van der Waals surface area contributed by atoms with Crippen LogP contribution in [0.1, 0.15) is 30.1 Å². The zero-order valence-corrected chi connectivity index (χ0v) is 13.7. The Hall–Kier alpha value is -2.32. The maximum absolute atomic E-state index is 12.3. The monoisotopic (exact) mass is 330 g/mol. The van der Waals surface area contributed by atoms with E-state index in [-0.39, 0.29) is 18.4 Å². The molecule has 24 heavy (non-hydrogen) atoms. The van der Waals surface area contributed by atoms with Gasteiger partial charge in [0, 0.05) is 12.1 Å². The van der Waals surface area contributed by atoms with Crippen LogP contribution in [-0.2, 0) is 17.9 Å². The molecule has 8 nitrogen and oxygen atoms in total. The number of amides is 1. The lowest BCUT2D eigenvalue weighted by Crippen LogP contribution is -2.38. The third-order valence-electron chi connectivity index (χ3n) is 4.17. The summed E-state index contributed by atoms with van der Waals surface area (Å²) in [6.07, 6.45) is 3.36. The molecule has 3 heterocycles. The smallest absolute Gasteiger partial charge is 0.240 e. The number of aromatic nitrogens is 3. The zero-order valence-electron chi connectivity index (χ0n) is 13.7. The fourth-order valence-electron chi connectivity index (χ4n) is 2.76. The number of piperidine rings is 1. The normalized spacial score (nSPS) is 16.2. The molecule has 0 bridgehead atoms. The van der Waals surface area contributed by atoms with Gasteiger partial charge in [-0.15, -0.1) is 0 Å². The van der Waals surface area contributed by atoms with Crippen molar-refractivity contribution in [1.29, 1.82) is 0 Å². The van der Waals surface area contributed by atoms with E-state index in [0.29, 0.717) is 24.1 Å². The van der Waals surface area contributed by atoms with Gasteiger partial charge < -0.3 is 15.6 Å². The lowest BCUT2D eigenvalue weighted by atomic mass is 9.96. The predicted octanol–water partition coefficient (Wildman–Crippen LogP) is 1.08. The quantitative estimate of drug-likeness (QED) is 0.844. The molecule has 1 saturated heterocycles. The molecular weight excluding hydrogens is 308 g/mol. The fourth-order valence-corrected chi connectivity index (χ4v) is 2.76. The van der Waals surface area contributed by atoms with Gasteiger partial charge in [0.2, 0.25) is 11.8 Å². The summed E-state index contributed by atoms with van der Waals surface area (Å²) in [7, 11) is 0. The Bertz CT molecular complexity index is 676. The van der Waals surface area contributed by atoms with Crippen molar-refractivity contribution in [2.45, 2.75) is 32.9 Å². The van der Waals surface area contributed by atoms with Crippen LogP contribution in [0.2, 0.25) is 0 Å². The fraction of sp³-hybridized carbons (Fsp3) is 0.500. The summed E-state index contributed by atoms with van der Waals surface area (Å²) in [4.78, 5) is 23.0. The van der Waals surface area contributed by atoms with Crippen molar-refractivity contribution >= 4 is 11.7 Å². The maximum Gasteiger partial charge on any atom is 0.240 e. The number of carbonyl (C=O) groups is 1. The number of hydrogen-bond donors (Lipinski definition) is 2. The molecule has 128 valence electrons. The molecule has 8 heteroatoms. The van der Waals surface area contributed by atoms with E-state index >= 15 is 0 Å². The van der Waals surface area contributed by atoms with E-state index in [2.05, 4.69) is 25.3 Å². The standard InChI is InChI=1S/C16H22N6O2/c1-11-2-3-13(18-9-11)20-16(23)12-4-6-22(7-5-12)10-14-19-15(8-17)24-21-14/h2-3,9,12H,4-8,10,17H2,1H3,(H,18,20,23). The summed E-state index contributed by atoms with van der Waals surface area (Å²) in [5.41, 5.74) is 6.53. The average molecular weight is 330 g/mol. The van der Waals surface area contributed by atoms with E-state index in [1.807, 2.05) is 19.1 Å². The van der Waals surface area contributed by atoms with E-state index < -0.39 is 0 Å². The third-order valence-corrected chi connectivity index (χ3v) is 4.17. The number of anilines is 1. The topological polar surface area (TPSA) is 110 Å². The van der Waals surface area contributed by atoms with E-state index in [9.17, 15) is 4.79 Å². The molecule has 2 aromatic rings. The number of nitrogens with zero attached hydrogens (tertiary/aromatic N) is 4. The summed E-state index contributed by atoms with van der Waals surface area (Å²) < 4.78 is 5.01. The lowest BCUT2D eigenvalue weighted by Gasteiger charge is -2.30. The molecule has 0 aliphatic carbocycles. The molecule has 0 saturated carbocycles. The number of nitrogens with two attached hydrogens (primary N) is 1. The minimum atomic E-state index is 0.00854. The maximum atomic E-state index is 12.3. The summed E-state index contributed by atoms with van der Waals surface area (Å²) >= 11 is 0. The molecule has 1 fully saturated rings.